The average Bonchev–Trinajstić information content (AvgIpc) is 2.06. The molecule has 0 aromatic heterocycles. The molecule has 88 valence electrons. The summed E-state index contributed by atoms with van der Waals surface area (Å²) in [6.45, 7) is 6.53. The number of piperidine rings is 1. The largest absolute Gasteiger partial charge is 0.481 e. The molecule has 0 aromatic rings. The Morgan fingerprint density at radius 2 is 2.07 bits per heavy atom. The minimum atomic E-state index is -0.785. The first-order valence-electron chi connectivity index (χ1n) is 5.49. The molecule has 0 aliphatic carbocycles. The summed E-state index contributed by atoms with van der Waals surface area (Å²) in [4.78, 5) is 12.9. The lowest BCUT2D eigenvalue weighted by molar-refractivity contribution is -0.141. The van der Waals surface area contributed by atoms with Crippen molar-refractivity contribution in [2.24, 2.45) is 0 Å². The smallest absolute Gasteiger partial charge is 0.305 e. The van der Waals surface area contributed by atoms with Crippen molar-refractivity contribution in [1.29, 1.82) is 0 Å². The van der Waals surface area contributed by atoms with Gasteiger partial charge in [0.15, 0.2) is 0 Å². The van der Waals surface area contributed by atoms with E-state index in [1.807, 2.05) is 13.8 Å². The second-order valence-electron chi connectivity index (χ2n) is 5.12. The number of hydrogen-bond acceptors (Lipinski definition) is 3. The van der Waals surface area contributed by atoms with Crippen molar-refractivity contribution in [3.8, 4) is 0 Å². The van der Waals surface area contributed by atoms with Crippen LogP contribution >= 0.6 is 0 Å². The molecule has 2 atom stereocenters. The number of aliphatic hydroxyl groups is 1. The minimum absolute atomic E-state index is 0.115. The maximum absolute atomic E-state index is 10.8. The Morgan fingerprint density at radius 1 is 1.47 bits per heavy atom. The Labute approximate surface area is 90.9 Å². The monoisotopic (exact) mass is 215 g/mol. The van der Waals surface area contributed by atoms with Gasteiger partial charge < -0.3 is 10.2 Å². The molecule has 0 aromatic carbocycles. The van der Waals surface area contributed by atoms with Crippen LogP contribution in [-0.2, 0) is 4.79 Å². The molecule has 0 radical (unpaired) electrons. The zero-order valence-corrected chi connectivity index (χ0v) is 9.73. The molecule has 0 saturated carbocycles. The van der Waals surface area contributed by atoms with Crippen LogP contribution in [0.3, 0.4) is 0 Å². The van der Waals surface area contributed by atoms with Gasteiger partial charge in [-0.1, -0.05) is 0 Å². The number of nitrogens with zero attached hydrogens (tertiary/aromatic N) is 1. The zero-order valence-electron chi connectivity index (χ0n) is 9.73. The molecule has 1 saturated heterocycles. The van der Waals surface area contributed by atoms with Crippen LogP contribution in [0.15, 0.2) is 0 Å². The van der Waals surface area contributed by atoms with Gasteiger partial charge in [0.2, 0.25) is 0 Å². The van der Waals surface area contributed by atoms with Crippen LogP contribution < -0.4 is 0 Å². The molecule has 2 N–H and O–H groups in total. The summed E-state index contributed by atoms with van der Waals surface area (Å²) in [5.41, 5.74) is -0.382. The van der Waals surface area contributed by atoms with E-state index < -0.39 is 5.97 Å². The SMILES string of the molecule is CC1CCC(O)CN1C(C)(C)CC(=O)O. The second kappa shape index (κ2) is 4.49. The molecule has 1 heterocycles. The fourth-order valence-corrected chi connectivity index (χ4v) is 2.40. The van der Waals surface area contributed by atoms with Crippen LogP contribution in [0.4, 0.5) is 0 Å². The molecule has 0 spiro atoms. The van der Waals surface area contributed by atoms with Gasteiger partial charge in [-0.05, 0) is 33.6 Å². The maximum Gasteiger partial charge on any atom is 0.305 e. The molecule has 0 amide bonds. The number of aliphatic carboxylic acids is 1. The molecule has 1 rings (SSSR count). The first-order chi connectivity index (χ1) is 6.83. The molecule has 1 aliphatic rings. The van der Waals surface area contributed by atoms with E-state index in [1.54, 1.807) is 0 Å². The van der Waals surface area contributed by atoms with Crippen LogP contribution in [0.25, 0.3) is 0 Å². The number of carboxylic acid groups (broad SMARTS) is 1. The summed E-state index contributed by atoms with van der Waals surface area (Å²) in [6, 6.07) is 0.350. The van der Waals surface area contributed by atoms with E-state index in [0.717, 1.165) is 12.8 Å². The van der Waals surface area contributed by atoms with Crippen molar-refractivity contribution in [3.63, 3.8) is 0 Å². The summed E-state index contributed by atoms with van der Waals surface area (Å²) >= 11 is 0. The van der Waals surface area contributed by atoms with Crippen molar-refractivity contribution in [2.45, 2.75) is 57.7 Å². The molecule has 0 bridgehead atoms. The molecule has 1 fully saturated rings. The summed E-state index contributed by atoms with van der Waals surface area (Å²) < 4.78 is 0. The fraction of sp³-hybridized carbons (Fsp3) is 0.909. The van der Waals surface area contributed by atoms with Crippen LogP contribution in [0.5, 0.6) is 0 Å². The Morgan fingerprint density at radius 3 is 2.60 bits per heavy atom. The van der Waals surface area contributed by atoms with Gasteiger partial charge in [-0.25, -0.2) is 0 Å². The highest BCUT2D eigenvalue weighted by molar-refractivity contribution is 5.68. The van der Waals surface area contributed by atoms with E-state index in [1.165, 1.54) is 0 Å². The van der Waals surface area contributed by atoms with Gasteiger partial charge >= 0.3 is 5.97 Å². The molecule has 2 unspecified atom stereocenters. The Hall–Kier alpha value is -0.610. The van der Waals surface area contributed by atoms with Crippen LogP contribution in [-0.4, -0.2) is 45.3 Å². The summed E-state index contributed by atoms with van der Waals surface area (Å²) in [7, 11) is 0. The van der Waals surface area contributed by atoms with E-state index in [0.29, 0.717) is 12.6 Å². The first kappa shape index (κ1) is 12.5. The van der Waals surface area contributed by atoms with E-state index in [-0.39, 0.29) is 18.1 Å². The number of likely N-dealkylation sites (tertiary alicyclic amines) is 1. The molecular formula is C11H21NO3. The quantitative estimate of drug-likeness (QED) is 0.739. The second-order valence-corrected chi connectivity index (χ2v) is 5.12. The van der Waals surface area contributed by atoms with E-state index >= 15 is 0 Å². The van der Waals surface area contributed by atoms with Crippen LogP contribution in [0.2, 0.25) is 0 Å². The highest BCUT2D eigenvalue weighted by Crippen LogP contribution is 2.28. The Balaban J connectivity index is 2.70. The van der Waals surface area contributed by atoms with Gasteiger partial charge in [-0.2, -0.15) is 0 Å². The van der Waals surface area contributed by atoms with Gasteiger partial charge in [0.1, 0.15) is 0 Å². The standard InChI is InChI=1S/C11H21NO3/c1-8-4-5-9(13)7-12(8)11(2,3)6-10(14)15/h8-9,13H,4-7H2,1-3H3,(H,14,15). The number of carboxylic acids is 1. The van der Waals surface area contributed by atoms with Gasteiger partial charge in [-0.15, -0.1) is 0 Å². The summed E-state index contributed by atoms with van der Waals surface area (Å²) in [6.07, 6.45) is 1.56. The third kappa shape index (κ3) is 3.18. The van der Waals surface area contributed by atoms with E-state index in [4.69, 9.17) is 5.11 Å². The molecule has 1 aliphatic heterocycles. The molecule has 4 nitrogen and oxygen atoms in total. The predicted molar refractivity (Wildman–Crippen MR) is 57.7 cm³/mol. The van der Waals surface area contributed by atoms with Gasteiger partial charge in [0, 0.05) is 18.1 Å². The van der Waals surface area contributed by atoms with Crippen molar-refractivity contribution >= 4 is 5.97 Å². The predicted octanol–water partition coefficient (Wildman–Crippen LogP) is 1.08. The summed E-state index contributed by atoms with van der Waals surface area (Å²) in [5, 5.41) is 18.4. The third-order valence-corrected chi connectivity index (χ3v) is 3.22. The number of aliphatic hydroxyl groups excluding tert-OH is 1. The zero-order chi connectivity index (χ0) is 11.6. The Kier molecular flexibility index (Phi) is 3.73. The van der Waals surface area contributed by atoms with Crippen LogP contribution in [0.1, 0.15) is 40.0 Å². The third-order valence-electron chi connectivity index (χ3n) is 3.22. The highest BCUT2D eigenvalue weighted by Gasteiger charge is 2.36. The number of carbonyl (C=O) groups is 1. The van der Waals surface area contributed by atoms with E-state index in [9.17, 15) is 9.90 Å². The molecule has 15 heavy (non-hydrogen) atoms. The normalized spacial score (nSPS) is 29.1. The molecular weight excluding hydrogens is 194 g/mol. The maximum atomic E-state index is 10.8. The Bertz CT molecular complexity index is 240. The minimum Gasteiger partial charge on any atom is -0.481 e. The highest BCUT2D eigenvalue weighted by atomic mass is 16.4. The van der Waals surface area contributed by atoms with Crippen molar-refractivity contribution in [1.82, 2.24) is 4.90 Å². The lowest BCUT2D eigenvalue weighted by Crippen LogP contribution is -2.55. The van der Waals surface area contributed by atoms with Gasteiger partial charge in [-0.3, -0.25) is 9.69 Å². The topological polar surface area (TPSA) is 60.8 Å². The number of β-amino-alcohol motifs (C(OH)–C–C–N with tert-alkyl or cyclic N) is 1. The lowest BCUT2D eigenvalue weighted by atomic mass is 9.90. The number of rotatable bonds is 3. The first-order valence-corrected chi connectivity index (χ1v) is 5.49. The van der Waals surface area contributed by atoms with Crippen LogP contribution in [0, 0.1) is 0 Å². The summed E-state index contributed by atoms with van der Waals surface area (Å²) in [5.74, 6) is -0.785. The molecule has 4 heteroatoms. The number of hydrogen-bond donors (Lipinski definition) is 2. The van der Waals surface area contributed by atoms with Crippen molar-refractivity contribution in [2.75, 3.05) is 6.54 Å². The van der Waals surface area contributed by atoms with Gasteiger partial charge in [0.25, 0.3) is 0 Å². The van der Waals surface area contributed by atoms with E-state index in [2.05, 4.69) is 11.8 Å². The van der Waals surface area contributed by atoms with Gasteiger partial charge in [0.05, 0.1) is 12.5 Å². The fourth-order valence-electron chi connectivity index (χ4n) is 2.40. The van der Waals surface area contributed by atoms with Crippen molar-refractivity contribution in [3.05, 3.63) is 0 Å². The lowest BCUT2D eigenvalue weighted by Gasteiger charge is -2.46. The average molecular weight is 215 g/mol. The van der Waals surface area contributed by atoms with Crippen molar-refractivity contribution < 1.29 is 15.0 Å².